The van der Waals surface area contributed by atoms with Gasteiger partial charge in [-0.05, 0) is 29.8 Å². The van der Waals surface area contributed by atoms with E-state index in [4.69, 9.17) is 16.3 Å². The standard InChI is InChI=1S/C10H9ClO4/c1-14-8-5-6(9(11)12)3-4-7(8)10(13)15-2/h3-5H,1-2H3. The number of hydrogen-bond donors (Lipinski definition) is 0. The van der Waals surface area contributed by atoms with Gasteiger partial charge in [0.2, 0.25) is 0 Å². The molecule has 15 heavy (non-hydrogen) atoms. The fourth-order valence-corrected chi connectivity index (χ4v) is 1.21. The summed E-state index contributed by atoms with van der Waals surface area (Å²) in [7, 11) is 2.66. The quantitative estimate of drug-likeness (QED) is 0.585. The first-order chi connectivity index (χ1) is 7.10. The Kier molecular flexibility index (Phi) is 3.68. The SMILES string of the molecule is COC(=O)c1ccc(C(=O)Cl)cc1OC. The van der Waals surface area contributed by atoms with Crippen molar-refractivity contribution >= 4 is 22.8 Å². The monoisotopic (exact) mass is 228 g/mol. The lowest BCUT2D eigenvalue weighted by Gasteiger charge is -2.07. The van der Waals surface area contributed by atoms with Gasteiger partial charge in [0.1, 0.15) is 11.3 Å². The van der Waals surface area contributed by atoms with Crippen LogP contribution in [0.3, 0.4) is 0 Å². The van der Waals surface area contributed by atoms with Gasteiger partial charge in [0.15, 0.2) is 0 Å². The van der Waals surface area contributed by atoms with Crippen LogP contribution in [0.2, 0.25) is 0 Å². The largest absolute Gasteiger partial charge is 0.496 e. The molecule has 0 heterocycles. The van der Waals surface area contributed by atoms with Gasteiger partial charge in [-0.2, -0.15) is 0 Å². The lowest BCUT2D eigenvalue weighted by Crippen LogP contribution is -2.05. The number of carbonyl (C=O) groups excluding carboxylic acids is 2. The third-order valence-electron chi connectivity index (χ3n) is 1.83. The van der Waals surface area contributed by atoms with Crippen molar-refractivity contribution in [2.45, 2.75) is 0 Å². The van der Waals surface area contributed by atoms with Gasteiger partial charge in [-0.1, -0.05) is 0 Å². The molecule has 0 aromatic heterocycles. The molecule has 1 aromatic rings. The maximum absolute atomic E-state index is 11.3. The molecule has 0 saturated heterocycles. The van der Waals surface area contributed by atoms with E-state index in [1.807, 2.05) is 0 Å². The van der Waals surface area contributed by atoms with Crippen molar-refractivity contribution in [1.29, 1.82) is 0 Å². The smallest absolute Gasteiger partial charge is 0.341 e. The zero-order valence-electron chi connectivity index (χ0n) is 8.24. The maximum atomic E-state index is 11.3. The van der Waals surface area contributed by atoms with Crippen LogP contribution in [0.1, 0.15) is 20.7 Å². The number of methoxy groups -OCH3 is 2. The van der Waals surface area contributed by atoms with E-state index >= 15 is 0 Å². The highest BCUT2D eigenvalue weighted by atomic mass is 35.5. The predicted molar refractivity (Wildman–Crippen MR) is 54.5 cm³/mol. The number of hydrogen-bond acceptors (Lipinski definition) is 4. The van der Waals surface area contributed by atoms with Crippen LogP contribution in [0, 0.1) is 0 Å². The van der Waals surface area contributed by atoms with Crippen molar-refractivity contribution in [3.8, 4) is 5.75 Å². The molecule has 1 aromatic carbocycles. The number of ether oxygens (including phenoxy) is 2. The van der Waals surface area contributed by atoms with Crippen molar-refractivity contribution in [2.75, 3.05) is 14.2 Å². The van der Waals surface area contributed by atoms with Gasteiger partial charge in [0.05, 0.1) is 14.2 Å². The van der Waals surface area contributed by atoms with Crippen molar-refractivity contribution in [3.05, 3.63) is 29.3 Å². The third-order valence-corrected chi connectivity index (χ3v) is 2.05. The maximum Gasteiger partial charge on any atom is 0.341 e. The van der Waals surface area contributed by atoms with E-state index in [2.05, 4.69) is 4.74 Å². The number of carbonyl (C=O) groups is 2. The van der Waals surface area contributed by atoms with E-state index in [-0.39, 0.29) is 16.9 Å². The van der Waals surface area contributed by atoms with Crippen LogP contribution in [0.15, 0.2) is 18.2 Å². The second-order valence-electron chi connectivity index (χ2n) is 2.68. The number of rotatable bonds is 3. The van der Waals surface area contributed by atoms with Crippen molar-refractivity contribution in [1.82, 2.24) is 0 Å². The molecule has 0 aliphatic heterocycles. The van der Waals surface area contributed by atoms with Gasteiger partial charge in [-0.3, -0.25) is 4.79 Å². The molecule has 0 aliphatic rings. The third kappa shape index (κ3) is 2.47. The fourth-order valence-electron chi connectivity index (χ4n) is 1.09. The summed E-state index contributed by atoms with van der Waals surface area (Å²) in [6.07, 6.45) is 0. The molecule has 0 aliphatic carbocycles. The second-order valence-corrected chi connectivity index (χ2v) is 3.02. The van der Waals surface area contributed by atoms with E-state index in [1.54, 1.807) is 0 Å². The Morgan fingerprint density at radius 1 is 1.27 bits per heavy atom. The van der Waals surface area contributed by atoms with E-state index in [0.29, 0.717) is 0 Å². The van der Waals surface area contributed by atoms with Gasteiger partial charge >= 0.3 is 5.97 Å². The summed E-state index contributed by atoms with van der Waals surface area (Å²) < 4.78 is 9.49. The Balaban J connectivity index is 3.20. The van der Waals surface area contributed by atoms with Crippen LogP contribution in [0.4, 0.5) is 0 Å². The average molecular weight is 229 g/mol. The molecule has 0 spiro atoms. The first-order valence-electron chi connectivity index (χ1n) is 4.06. The zero-order chi connectivity index (χ0) is 11.4. The van der Waals surface area contributed by atoms with E-state index in [0.717, 1.165) is 0 Å². The van der Waals surface area contributed by atoms with Crippen molar-refractivity contribution in [3.63, 3.8) is 0 Å². The van der Waals surface area contributed by atoms with Gasteiger partial charge in [-0.25, -0.2) is 4.79 Å². The lowest BCUT2D eigenvalue weighted by molar-refractivity contribution is 0.0597. The van der Waals surface area contributed by atoms with Crippen LogP contribution < -0.4 is 4.74 Å². The Morgan fingerprint density at radius 2 is 1.93 bits per heavy atom. The first-order valence-corrected chi connectivity index (χ1v) is 4.44. The van der Waals surface area contributed by atoms with Crippen LogP contribution in [0.25, 0.3) is 0 Å². The van der Waals surface area contributed by atoms with Crippen LogP contribution in [0.5, 0.6) is 5.75 Å². The summed E-state index contributed by atoms with van der Waals surface area (Å²) in [6, 6.07) is 4.26. The Labute approximate surface area is 91.7 Å². The summed E-state index contributed by atoms with van der Waals surface area (Å²) in [4.78, 5) is 22.1. The molecule has 0 N–H and O–H groups in total. The van der Waals surface area contributed by atoms with Crippen molar-refractivity contribution in [2.24, 2.45) is 0 Å². The second kappa shape index (κ2) is 4.79. The molecular formula is C10H9ClO4. The Bertz CT molecular complexity index is 400. The molecule has 5 heteroatoms. The highest BCUT2D eigenvalue weighted by Crippen LogP contribution is 2.21. The van der Waals surface area contributed by atoms with Gasteiger partial charge in [0.25, 0.3) is 5.24 Å². The molecule has 0 unspecified atom stereocenters. The average Bonchev–Trinajstić information content (AvgIpc) is 2.27. The lowest BCUT2D eigenvalue weighted by atomic mass is 10.1. The van der Waals surface area contributed by atoms with Crippen LogP contribution in [-0.2, 0) is 4.74 Å². The Hall–Kier alpha value is -1.55. The molecule has 80 valence electrons. The van der Waals surface area contributed by atoms with Gasteiger partial charge in [0, 0.05) is 5.56 Å². The molecule has 0 amide bonds. The summed E-state index contributed by atoms with van der Waals surface area (Å²) in [5, 5.41) is -0.607. The van der Waals surface area contributed by atoms with Gasteiger partial charge in [-0.15, -0.1) is 0 Å². The van der Waals surface area contributed by atoms with Gasteiger partial charge < -0.3 is 9.47 Å². The summed E-state index contributed by atoms with van der Waals surface area (Å²) in [6.45, 7) is 0. The number of esters is 1. The molecule has 4 nitrogen and oxygen atoms in total. The molecule has 0 saturated carbocycles. The normalized spacial score (nSPS) is 9.53. The first kappa shape index (κ1) is 11.5. The number of halogens is 1. The minimum atomic E-state index is -0.607. The van der Waals surface area contributed by atoms with E-state index < -0.39 is 11.2 Å². The highest BCUT2D eigenvalue weighted by Gasteiger charge is 2.14. The van der Waals surface area contributed by atoms with E-state index in [1.165, 1.54) is 32.4 Å². The fraction of sp³-hybridized carbons (Fsp3) is 0.200. The summed E-state index contributed by atoms with van der Waals surface area (Å²) >= 11 is 5.29. The van der Waals surface area contributed by atoms with Crippen LogP contribution >= 0.6 is 11.6 Å². The predicted octanol–water partition coefficient (Wildman–Crippen LogP) is 1.86. The summed E-state index contributed by atoms with van der Waals surface area (Å²) in [5.74, 6) is -0.270. The summed E-state index contributed by atoms with van der Waals surface area (Å²) in [5.41, 5.74) is 0.517. The van der Waals surface area contributed by atoms with Crippen LogP contribution in [-0.4, -0.2) is 25.4 Å². The molecule has 0 radical (unpaired) electrons. The number of benzene rings is 1. The van der Waals surface area contributed by atoms with E-state index in [9.17, 15) is 9.59 Å². The minimum Gasteiger partial charge on any atom is -0.496 e. The highest BCUT2D eigenvalue weighted by molar-refractivity contribution is 6.67. The Morgan fingerprint density at radius 3 is 2.40 bits per heavy atom. The zero-order valence-corrected chi connectivity index (χ0v) is 9.00. The molecule has 0 bridgehead atoms. The molecule has 0 atom stereocenters. The molecular weight excluding hydrogens is 220 g/mol. The molecule has 1 rings (SSSR count). The molecule has 0 fully saturated rings. The minimum absolute atomic E-state index is 0.252. The van der Waals surface area contributed by atoms with Crippen molar-refractivity contribution < 1.29 is 19.1 Å². The topological polar surface area (TPSA) is 52.6 Å².